The summed E-state index contributed by atoms with van der Waals surface area (Å²) in [7, 11) is 3.97. The van der Waals surface area contributed by atoms with Crippen molar-refractivity contribution in [1.29, 1.82) is 0 Å². The van der Waals surface area contributed by atoms with E-state index >= 15 is 0 Å². The monoisotopic (exact) mass is 222 g/mol. The fourth-order valence-corrected chi connectivity index (χ4v) is 1.82. The lowest BCUT2D eigenvalue weighted by Crippen LogP contribution is -2.52. The molecule has 0 atom stereocenters. The minimum atomic E-state index is -0.0305. The van der Waals surface area contributed by atoms with Crippen LogP contribution in [-0.2, 0) is 7.05 Å². The third kappa shape index (κ3) is 2.43. The largest absolute Gasteiger partial charge is 0.347 e. The summed E-state index contributed by atoms with van der Waals surface area (Å²) in [5, 5.41) is 1.98. The molecule has 1 fully saturated rings. The van der Waals surface area contributed by atoms with Gasteiger partial charge in [0, 0.05) is 39.4 Å². The molecular formula is C11H18N4O. The van der Waals surface area contributed by atoms with Crippen molar-refractivity contribution in [3.05, 3.63) is 24.0 Å². The van der Waals surface area contributed by atoms with Crippen LogP contribution < -0.4 is 5.43 Å². The van der Waals surface area contributed by atoms with Crippen molar-refractivity contribution in [2.24, 2.45) is 7.05 Å². The fourth-order valence-electron chi connectivity index (χ4n) is 1.82. The van der Waals surface area contributed by atoms with Gasteiger partial charge >= 0.3 is 0 Å². The highest BCUT2D eigenvalue weighted by Crippen LogP contribution is 2.01. The molecule has 0 saturated carbocycles. The zero-order chi connectivity index (χ0) is 11.5. The second kappa shape index (κ2) is 4.67. The number of rotatable bonds is 2. The van der Waals surface area contributed by atoms with Gasteiger partial charge in [0.1, 0.15) is 5.69 Å². The molecule has 5 nitrogen and oxygen atoms in total. The van der Waals surface area contributed by atoms with Gasteiger partial charge in [0.2, 0.25) is 0 Å². The number of hydrogen-bond donors (Lipinski definition) is 1. The standard InChI is InChI=1S/C11H18N4O/c1-13-6-8-15(9-7-13)12-11(16)10-4-3-5-14(10)2/h3-5H,6-9H2,1-2H3,(H,12,16). The lowest BCUT2D eigenvalue weighted by atomic mass is 10.4. The van der Waals surface area contributed by atoms with Crippen LogP contribution in [0, 0.1) is 0 Å². The average molecular weight is 222 g/mol. The first kappa shape index (κ1) is 11.2. The van der Waals surface area contributed by atoms with Gasteiger partial charge in [0.15, 0.2) is 0 Å². The van der Waals surface area contributed by atoms with Crippen molar-refractivity contribution in [2.45, 2.75) is 0 Å². The average Bonchev–Trinajstić information content (AvgIpc) is 2.68. The Morgan fingerprint density at radius 3 is 2.50 bits per heavy atom. The molecule has 0 unspecified atom stereocenters. The second-order valence-electron chi connectivity index (χ2n) is 4.24. The molecule has 1 aliphatic heterocycles. The van der Waals surface area contributed by atoms with Gasteiger partial charge in [-0.05, 0) is 19.2 Å². The van der Waals surface area contributed by atoms with E-state index in [1.807, 2.05) is 35.0 Å². The van der Waals surface area contributed by atoms with Crippen LogP contribution in [0.5, 0.6) is 0 Å². The van der Waals surface area contributed by atoms with Gasteiger partial charge in [-0.1, -0.05) is 0 Å². The molecule has 1 amide bonds. The van der Waals surface area contributed by atoms with Crippen LogP contribution in [0.2, 0.25) is 0 Å². The van der Waals surface area contributed by atoms with E-state index in [1.165, 1.54) is 0 Å². The molecule has 0 radical (unpaired) electrons. The van der Waals surface area contributed by atoms with E-state index in [4.69, 9.17) is 0 Å². The third-order valence-electron chi connectivity index (χ3n) is 2.94. The zero-order valence-corrected chi connectivity index (χ0v) is 9.81. The number of hydrogen-bond acceptors (Lipinski definition) is 3. The molecule has 2 heterocycles. The minimum absolute atomic E-state index is 0.0305. The summed E-state index contributed by atoms with van der Waals surface area (Å²) in [6.45, 7) is 3.75. The van der Waals surface area contributed by atoms with E-state index in [1.54, 1.807) is 0 Å². The molecule has 1 saturated heterocycles. The highest BCUT2D eigenvalue weighted by Gasteiger charge is 2.17. The molecule has 1 aromatic heterocycles. The number of nitrogens with one attached hydrogen (secondary N) is 1. The van der Waals surface area contributed by atoms with Gasteiger partial charge in [0.05, 0.1) is 0 Å². The second-order valence-corrected chi connectivity index (χ2v) is 4.24. The molecule has 1 aromatic rings. The maximum absolute atomic E-state index is 11.9. The molecule has 5 heteroatoms. The number of nitrogens with zero attached hydrogens (tertiary/aromatic N) is 3. The number of aromatic nitrogens is 1. The predicted octanol–water partition coefficient (Wildman–Crippen LogP) is -0.0827. The number of likely N-dealkylation sites (N-methyl/N-ethyl adjacent to an activating group) is 1. The summed E-state index contributed by atoms with van der Waals surface area (Å²) in [5.74, 6) is -0.0305. The molecule has 0 bridgehead atoms. The summed E-state index contributed by atoms with van der Waals surface area (Å²) < 4.78 is 1.82. The van der Waals surface area contributed by atoms with E-state index in [-0.39, 0.29) is 5.91 Å². The first-order valence-corrected chi connectivity index (χ1v) is 5.52. The van der Waals surface area contributed by atoms with E-state index in [0.717, 1.165) is 26.2 Å². The first-order chi connectivity index (χ1) is 7.66. The predicted molar refractivity (Wildman–Crippen MR) is 61.9 cm³/mol. The Kier molecular flexibility index (Phi) is 3.26. The number of hydrazine groups is 1. The molecule has 1 N–H and O–H groups in total. The normalized spacial score (nSPS) is 18.6. The zero-order valence-electron chi connectivity index (χ0n) is 9.81. The van der Waals surface area contributed by atoms with Crippen molar-refractivity contribution in [2.75, 3.05) is 33.2 Å². The molecule has 88 valence electrons. The molecule has 1 aliphatic rings. The molecular weight excluding hydrogens is 204 g/mol. The quantitative estimate of drug-likeness (QED) is 0.761. The van der Waals surface area contributed by atoms with Crippen LogP contribution in [0.15, 0.2) is 18.3 Å². The van der Waals surface area contributed by atoms with Crippen LogP contribution in [0.4, 0.5) is 0 Å². The lowest BCUT2D eigenvalue weighted by Gasteiger charge is -2.32. The summed E-state index contributed by atoms with van der Waals surface area (Å²) in [5.41, 5.74) is 3.62. The Morgan fingerprint density at radius 1 is 1.25 bits per heavy atom. The maximum Gasteiger partial charge on any atom is 0.282 e. The van der Waals surface area contributed by atoms with Crippen LogP contribution in [0.25, 0.3) is 0 Å². The number of carbonyl (C=O) groups is 1. The smallest absolute Gasteiger partial charge is 0.282 e. The highest BCUT2D eigenvalue weighted by molar-refractivity contribution is 5.92. The molecule has 0 aromatic carbocycles. The van der Waals surface area contributed by atoms with Gasteiger partial charge in [-0.3, -0.25) is 10.2 Å². The van der Waals surface area contributed by atoms with E-state index in [0.29, 0.717) is 5.69 Å². The Bertz CT molecular complexity index is 366. The Hall–Kier alpha value is -1.33. The Morgan fingerprint density at radius 2 is 1.94 bits per heavy atom. The van der Waals surface area contributed by atoms with Crippen LogP contribution in [0.1, 0.15) is 10.5 Å². The van der Waals surface area contributed by atoms with Crippen molar-refractivity contribution in [1.82, 2.24) is 19.9 Å². The van der Waals surface area contributed by atoms with Crippen molar-refractivity contribution in [3.8, 4) is 0 Å². The summed E-state index contributed by atoms with van der Waals surface area (Å²) in [4.78, 5) is 14.1. The molecule has 0 spiro atoms. The first-order valence-electron chi connectivity index (χ1n) is 5.52. The fraction of sp³-hybridized carbons (Fsp3) is 0.545. The van der Waals surface area contributed by atoms with Crippen molar-refractivity contribution in [3.63, 3.8) is 0 Å². The van der Waals surface area contributed by atoms with Gasteiger partial charge < -0.3 is 9.47 Å². The summed E-state index contributed by atoms with van der Waals surface area (Å²) in [6, 6.07) is 3.70. The third-order valence-corrected chi connectivity index (χ3v) is 2.94. The number of aryl methyl sites for hydroxylation is 1. The van der Waals surface area contributed by atoms with Gasteiger partial charge in [-0.15, -0.1) is 0 Å². The topological polar surface area (TPSA) is 40.5 Å². The van der Waals surface area contributed by atoms with E-state index < -0.39 is 0 Å². The van der Waals surface area contributed by atoms with Crippen LogP contribution >= 0.6 is 0 Å². The lowest BCUT2D eigenvalue weighted by molar-refractivity contribution is 0.0655. The number of carbonyl (C=O) groups excluding carboxylic acids is 1. The number of amides is 1. The van der Waals surface area contributed by atoms with Crippen molar-refractivity contribution < 1.29 is 4.79 Å². The molecule has 16 heavy (non-hydrogen) atoms. The van der Waals surface area contributed by atoms with E-state index in [9.17, 15) is 4.79 Å². The minimum Gasteiger partial charge on any atom is -0.347 e. The van der Waals surface area contributed by atoms with Crippen molar-refractivity contribution >= 4 is 5.91 Å². The summed E-state index contributed by atoms with van der Waals surface area (Å²) in [6.07, 6.45) is 1.87. The van der Waals surface area contributed by atoms with Crippen LogP contribution in [-0.4, -0.2) is 53.6 Å². The SMILES string of the molecule is CN1CCN(NC(=O)c2cccn2C)CC1. The van der Waals surface area contributed by atoms with E-state index in [2.05, 4.69) is 17.4 Å². The van der Waals surface area contributed by atoms with Gasteiger partial charge in [-0.2, -0.15) is 0 Å². The molecule has 2 rings (SSSR count). The van der Waals surface area contributed by atoms with Crippen LogP contribution in [0.3, 0.4) is 0 Å². The Balaban J connectivity index is 1.91. The molecule has 0 aliphatic carbocycles. The highest BCUT2D eigenvalue weighted by atomic mass is 16.2. The van der Waals surface area contributed by atoms with Gasteiger partial charge in [0.25, 0.3) is 5.91 Å². The van der Waals surface area contributed by atoms with Gasteiger partial charge in [-0.25, -0.2) is 5.01 Å². The summed E-state index contributed by atoms with van der Waals surface area (Å²) >= 11 is 0. The number of piperazine rings is 1. The maximum atomic E-state index is 11.9. The Labute approximate surface area is 95.6 Å².